The van der Waals surface area contributed by atoms with Crippen LogP contribution in [0, 0.1) is 24.0 Å². The summed E-state index contributed by atoms with van der Waals surface area (Å²) in [5.41, 5.74) is 0.669. The molecule has 1 amide bonds. The van der Waals surface area contributed by atoms with Gasteiger partial charge in [0.15, 0.2) is 0 Å². The number of hydrogen-bond donors (Lipinski definition) is 4. The maximum atomic E-state index is 13.3. The van der Waals surface area contributed by atoms with Crippen LogP contribution < -0.4 is 16.0 Å². The van der Waals surface area contributed by atoms with Gasteiger partial charge in [0.05, 0.1) is 16.7 Å². The molecule has 2 aromatic carbocycles. The van der Waals surface area contributed by atoms with E-state index < -0.39 is 23.1 Å². The van der Waals surface area contributed by atoms with E-state index in [1.807, 2.05) is 0 Å². The van der Waals surface area contributed by atoms with Crippen molar-refractivity contribution >= 4 is 23.3 Å². The summed E-state index contributed by atoms with van der Waals surface area (Å²) in [6, 6.07) is 8.67. The van der Waals surface area contributed by atoms with E-state index in [0.717, 1.165) is 31.7 Å². The van der Waals surface area contributed by atoms with Crippen molar-refractivity contribution < 1.29 is 23.5 Å². The summed E-state index contributed by atoms with van der Waals surface area (Å²) in [6.07, 6.45) is 9.60. The molecule has 2 aliphatic carbocycles. The molecule has 2 aliphatic rings. The summed E-state index contributed by atoms with van der Waals surface area (Å²) < 4.78 is 26.1. The standard InChI is InChI=1S/C15H17FN2O.C10H10FNO2/c1-4-15(2,3)18-14(19)12-9-10(16)5-8-13(12)17-11-6-7-11;11-6-1-4-9(12-7-2-3-7)8(5-6)10(13)14/h1,5,8-9,11,17H,6-7H2,2-3H3,(H,18,19);1,4-5,7,12H,2-3H2,(H,13,14). The number of carboxylic acid groups (broad SMARTS) is 1. The highest BCUT2D eigenvalue weighted by molar-refractivity contribution is 6.00. The molecule has 0 saturated heterocycles. The van der Waals surface area contributed by atoms with E-state index in [4.69, 9.17) is 11.5 Å². The number of rotatable bonds is 7. The van der Waals surface area contributed by atoms with Gasteiger partial charge in [-0.2, -0.15) is 0 Å². The second kappa shape index (κ2) is 9.90. The van der Waals surface area contributed by atoms with Crippen LogP contribution in [-0.4, -0.2) is 34.6 Å². The molecule has 0 unspecified atom stereocenters. The van der Waals surface area contributed by atoms with Crippen molar-refractivity contribution in [3.05, 3.63) is 59.2 Å². The van der Waals surface area contributed by atoms with Crippen molar-refractivity contribution in [2.24, 2.45) is 0 Å². The van der Waals surface area contributed by atoms with Crippen molar-refractivity contribution in [2.75, 3.05) is 10.6 Å². The van der Waals surface area contributed by atoms with Crippen LogP contribution in [0.1, 0.15) is 60.2 Å². The van der Waals surface area contributed by atoms with E-state index in [1.54, 1.807) is 19.9 Å². The average Bonchev–Trinajstić information content (AvgIpc) is 3.67. The van der Waals surface area contributed by atoms with Gasteiger partial charge >= 0.3 is 5.97 Å². The van der Waals surface area contributed by atoms with Gasteiger partial charge in [-0.25, -0.2) is 13.6 Å². The van der Waals surface area contributed by atoms with Crippen molar-refractivity contribution in [2.45, 2.75) is 57.2 Å². The molecule has 174 valence electrons. The van der Waals surface area contributed by atoms with Gasteiger partial charge in [0.25, 0.3) is 5.91 Å². The molecule has 0 atom stereocenters. The monoisotopic (exact) mass is 455 g/mol. The molecule has 2 fully saturated rings. The number of benzene rings is 2. The summed E-state index contributed by atoms with van der Waals surface area (Å²) in [5, 5.41) is 17.8. The number of terminal acetylenes is 1. The Hall–Kier alpha value is -3.60. The minimum absolute atomic E-state index is 0.00287. The zero-order valence-corrected chi connectivity index (χ0v) is 18.5. The number of aromatic carboxylic acids is 1. The first-order chi connectivity index (χ1) is 15.6. The summed E-state index contributed by atoms with van der Waals surface area (Å²) in [6.45, 7) is 3.44. The Balaban J connectivity index is 0.000000194. The molecule has 0 aliphatic heterocycles. The lowest BCUT2D eigenvalue weighted by Crippen LogP contribution is -2.42. The van der Waals surface area contributed by atoms with E-state index in [0.29, 0.717) is 23.5 Å². The number of halogens is 2. The molecule has 0 aromatic heterocycles. The zero-order chi connectivity index (χ0) is 24.2. The molecule has 8 heteroatoms. The highest BCUT2D eigenvalue weighted by Crippen LogP contribution is 2.28. The molecule has 4 rings (SSSR count). The van der Waals surface area contributed by atoms with Crippen molar-refractivity contribution in [1.29, 1.82) is 0 Å². The molecule has 0 radical (unpaired) electrons. The van der Waals surface area contributed by atoms with Gasteiger partial charge in [-0.05, 0) is 75.9 Å². The third-order valence-corrected chi connectivity index (χ3v) is 5.10. The number of hydrogen-bond acceptors (Lipinski definition) is 4. The van der Waals surface area contributed by atoms with Crippen LogP contribution in [-0.2, 0) is 0 Å². The molecular formula is C25H27F2N3O3. The lowest BCUT2D eigenvalue weighted by Gasteiger charge is -2.21. The Morgan fingerprint density at radius 2 is 1.39 bits per heavy atom. The van der Waals surface area contributed by atoms with Crippen LogP contribution in [0.3, 0.4) is 0 Å². The first kappa shape index (κ1) is 24.1. The minimum atomic E-state index is -1.10. The van der Waals surface area contributed by atoms with Crippen LogP contribution in [0.5, 0.6) is 0 Å². The smallest absolute Gasteiger partial charge is 0.337 e. The zero-order valence-electron chi connectivity index (χ0n) is 18.5. The van der Waals surface area contributed by atoms with Gasteiger partial charge in [0.2, 0.25) is 0 Å². The lowest BCUT2D eigenvalue weighted by atomic mass is 10.1. The van der Waals surface area contributed by atoms with E-state index in [-0.39, 0.29) is 17.0 Å². The van der Waals surface area contributed by atoms with Crippen molar-refractivity contribution in [1.82, 2.24) is 5.32 Å². The summed E-state index contributed by atoms with van der Waals surface area (Å²) in [7, 11) is 0. The van der Waals surface area contributed by atoms with Crippen LogP contribution in [0.25, 0.3) is 0 Å². The lowest BCUT2D eigenvalue weighted by molar-refractivity contribution is 0.0697. The van der Waals surface area contributed by atoms with Gasteiger partial charge < -0.3 is 21.1 Å². The maximum Gasteiger partial charge on any atom is 0.337 e. The highest BCUT2D eigenvalue weighted by atomic mass is 19.1. The van der Waals surface area contributed by atoms with E-state index in [2.05, 4.69) is 21.9 Å². The van der Waals surface area contributed by atoms with Crippen LogP contribution in [0.4, 0.5) is 20.2 Å². The topological polar surface area (TPSA) is 90.5 Å². The number of carbonyl (C=O) groups excluding carboxylic acids is 1. The van der Waals surface area contributed by atoms with Crippen LogP contribution in [0.15, 0.2) is 36.4 Å². The van der Waals surface area contributed by atoms with Gasteiger partial charge in [0.1, 0.15) is 11.6 Å². The Morgan fingerprint density at radius 1 is 0.939 bits per heavy atom. The van der Waals surface area contributed by atoms with Gasteiger partial charge in [-0.15, -0.1) is 6.42 Å². The molecule has 0 spiro atoms. The third-order valence-electron chi connectivity index (χ3n) is 5.10. The molecular weight excluding hydrogens is 428 g/mol. The quantitative estimate of drug-likeness (QED) is 0.457. The maximum absolute atomic E-state index is 13.3. The molecule has 2 saturated carbocycles. The molecule has 6 nitrogen and oxygen atoms in total. The van der Waals surface area contributed by atoms with E-state index in [1.165, 1.54) is 24.3 Å². The fourth-order valence-corrected chi connectivity index (χ4v) is 2.93. The second-order valence-corrected chi connectivity index (χ2v) is 8.75. The minimum Gasteiger partial charge on any atom is -0.478 e. The Kier molecular flexibility index (Phi) is 7.22. The van der Waals surface area contributed by atoms with Gasteiger partial charge in [-0.3, -0.25) is 4.79 Å². The molecule has 33 heavy (non-hydrogen) atoms. The predicted octanol–water partition coefficient (Wildman–Crippen LogP) is 4.64. The highest BCUT2D eigenvalue weighted by Gasteiger charge is 2.25. The van der Waals surface area contributed by atoms with Crippen LogP contribution in [0.2, 0.25) is 0 Å². The predicted molar refractivity (Wildman–Crippen MR) is 123 cm³/mol. The Morgan fingerprint density at radius 3 is 1.82 bits per heavy atom. The first-order valence-corrected chi connectivity index (χ1v) is 10.7. The number of amides is 1. The van der Waals surface area contributed by atoms with Crippen LogP contribution >= 0.6 is 0 Å². The summed E-state index contributed by atoms with van der Waals surface area (Å²) >= 11 is 0. The van der Waals surface area contributed by atoms with Gasteiger partial charge in [0, 0.05) is 23.5 Å². The normalized spacial score (nSPS) is 14.9. The number of carbonyl (C=O) groups is 2. The first-order valence-electron chi connectivity index (χ1n) is 10.7. The summed E-state index contributed by atoms with van der Waals surface area (Å²) in [4.78, 5) is 23.0. The van der Waals surface area contributed by atoms with E-state index in [9.17, 15) is 18.4 Å². The third kappa shape index (κ3) is 7.21. The number of carboxylic acids is 1. The van der Waals surface area contributed by atoms with Crippen molar-refractivity contribution in [3.8, 4) is 12.3 Å². The fourth-order valence-electron chi connectivity index (χ4n) is 2.93. The number of anilines is 2. The number of nitrogens with one attached hydrogen (secondary N) is 3. The second-order valence-electron chi connectivity index (χ2n) is 8.75. The average molecular weight is 456 g/mol. The van der Waals surface area contributed by atoms with Gasteiger partial charge in [-0.1, -0.05) is 5.92 Å². The Bertz CT molecular complexity index is 1090. The summed E-state index contributed by atoms with van der Waals surface area (Å²) in [5.74, 6) is 0.0451. The molecule has 2 aromatic rings. The fraction of sp³-hybridized carbons (Fsp3) is 0.360. The largest absolute Gasteiger partial charge is 0.478 e. The van der Waals surface area contributed by atoms with Crippen molar-refractivity contribution in [3.63, 3.8) is 0 Å². The molecule has 0 bridgehead atoms. The van der Waals surface area contributed by atoms with E-state index >= 15 is 0 Å². The molecule has 0 heterocycles. The molecule has 4 N–H and O–H groups in total. The SMILES string of the molecule is C#CC(C)(C)NC(=O)c1cc(F)ccc1NC1CC1.O=C(O)c1cc(F)ccc1NC1CC1. The Labute approximate surface area is 191 Å².